The van der Waals surface area contributed by atoms with E-state index in [1.165, 1.54) is 23.3 Å². The van der Waals surface area contributed by atoms with Crippen LogP contribution in [-0.2, 0) is 6.54 Å². The monoisotopic (exact) mass is 460 g/mol. The number of aliphatic hydroxyl groups is 1. The number of aromatic nitrogens is 5. The number of carbonyl (C=O) groups is 1. The number of anilines is 1. The Bertz CT molecular complexity index is 1220. The van der Waals surface area contributed by atoms with Crippen molar-refractivity contribution >= 4 is 45.7 Å². The fraction of sp³-hybridized carbons (Fsp3) is 0.200. The molecule has 1 aromatic carbocycles. The number of fused-ring (bicyclic) bond motifs is 1. The van der Waals surface area contributed by atoms with Gasteiger partial charge in [0.1, 0.15) is 11.9 Å². The van der Waals surface area contributed by atoms with Crippen molar-refractivity contribution in [2.24, 2.45) is 0 Å². The largest absolute Gasteiger partial charge is 0.486 e. The number of H-pyrrole nitrogens is 1. The Kier molecular flexibility index (Phi) is 6.08. The molecule has 3 aromatic heterocycles. The van der Waals surface area contributed by atoms with Crippen molar-refractivity contribution < 1.29 is 14.6 Å². The molecule has 4 rings (SSSR count). The van der Waals surface area contributed by atoms with Crippen molar-refractivity contribution in [3.05, 3.63) is 64.3 Å². The van der Waals surface area contributed by atoms with Gasteiger partial charge in [0, 0.05) is 29.5 Å². The molecular formula is C20H18Cl2N6O3. The molecule has 0 aliphatic carbocycles. The van der Waals surface area contributed by atoms with Gasteiger partial charge in [-0.3, -0.25) is 19.6 Å². The van der Waals surface area contributed by atoms with Crippen LogP contribution in [0.4, 0.5) is 5.69 Å². The van der Waals surface area contributed by atoms with E-state index in [4.69, 9.17) is 33.0 Å². The van der Waals surface area contributed by atoms with Crippen LogP contribution < -0.4 is 10.1 Å². The van der Waals surface area contributed by atoms with E-state index in [1.807, 2.05) is 6.92 Å². The lowest BCUT2D eigenvalue weighted by molar-refractivity contribution is 0.102. The van der Waals surface area contributed by atoms with Gasteiger partial charge in [-0.05, 0) is 25.1 Å². The van der Waals surface area contributed by atoms with Crippen molar-refractivity contribution in [2.75, 3.05) is 11.9 Å². The second kappa shape index (κ2) is 8.93. The quantitative estimate of drug-likeness (QED) is 0.385. The van der Waals surface area contributed by atoms with Crippen molar-refractivity contribution in [1.82, 2.24) is 25.0 Å². The first-order valence-corrected chi connectivity index (χ1v) is 10.1. The average Bonchev–Trinajstić information content (AvgIpc) is 3.34. The van der Waals surface area contributed by atoms with E-state index in [0.29, 0.717) is 44.5 Å². The molecule has 3 N–H and O–H groups in total. The van der Waals surface area contributed by atoms with Gasteiger partial charge in [-0.25, -0.2) is 0 Å². The summed E-state index contributed by atoms with van der Waals surface area (Å²) >= 11 is 12.4. The summed E-state index contributed by atoms with van der Waals surface area (Å²) in [4.78, 5) is 16.7. The number of hydrogen-bond donors (Lipinski definition) is 3. The van der Waals surface area contributed by atoms with Gasteiger partial charge >= 0.3 is 0 Å². The molecular weight excluding hydrogens is 443 g/mol. The number of ether oxygens (including phenoxy) is 1. The smallest absolute Gasteiger partial charge is 0.276 e. The molecule has 0 radical (unpaired) electrons. The molecule has 0 bridgehead atoms. The number of aromatic amines is 1. The lowest BCUT2D eigenvalue weighted by atomic mass is 10.1. The number of pyridine rings is 1. The Morgan fingerprint density at radius 3 is 2.81 bits per heavy atom. The summed E-state index contributed by atoms with van der Waals surface area (Å²) in [5, 5.41) is 24.2. The van der Waals surface area contributed by atoms with Crippen molar-refractivity contribution in [3.8, 4) is 5.75 Å². The maximum Gasteiger partial charge on any atom is 0.276 e. The van der Waals surface area contributed by atoms with Crippen LogP contribution in [0.3, 0.4) is 0 Å². The third-order valence-electron chi connectivity index (χ3n) is 4.58. The zero-order valence-electron chi connectivity index (χ0n) is 16.3. The Morgan fingerprint density at radius 2 is 2.06 bits per heavy atom. The summed E-state index contributed by atoms with van der Waals surface area (Å²) in [7, 11) is 0. The minimum absolute atomic E-state index is 0.0454. The third-order valence-corrected chi connectivity index (χ3v) is 5.18. The van der Waals surface area contributed by atoms with Gasteiger partial charge < -0.3 is 15.2 Å². The predicted octanol–water partition coefficient (Wildman–Crippen LogP) is 3.85. The molecule has 9 nitrogen and oxygen atoms in total. The highest BCUT2D eigenvalue weighted by atomic mass is 35.5. The van der Waals surface area contributed by atoms with Crippen molar-refractivity contribution in [1.29, 1.82) is 0 Å². The van der Waals surface area contributed by atoms with Gasteiger partial charge in [0.2, 0.25) is 0 Å². The fourth-order valence-corrected chi connectivity index (χ4v) is 3.83. The average molecular weight is 461 g/mol. The maximum atomic E-state index is 12.7. The molecule has 3 heterocycles. The Labute approximate surface area is 187 Å². The number of benzene rings is 1. The van der Waals surface area contributed by atoms with E-state index in [2.05, 4.69) is 25.6 Å². The number of nitrogens with one attached hydrogen (secondary N) is 2. The molecule has 160 valence electrons. The second-order valence-electron chi connectivity index (χ2n) is 6.73. The van der Waals surface area contributed by atoms with E-state index in [9.17, 15) is 4.79 Å². The highest BCUT2D eigenvalue weighted by Crippen LogP contribution is 2.33. The number of carbonyl (C=O) groups excluding carboxylic acids is 1. The Balaban J connectivity index is 1.56. The number of nitrogens with zero attached hydrogens (tertiary/aromatic N) is 4. The minimum Gasteiger partial charge on any atom is -0.486 e. The second-order valence-corrected chi connectivity index (χ2v) is 7.54. The van der Waals surface area contributed by atoms with Crippen LogP contribution in [0.1, 0.15) is 29.1 Å². The van der Waals surface area contributed by atoms with Gasteiger partial charge in [0.05, 0.1) is 40.6 Å². The van der Waals surface area contributed by atoms with Crippen molar-refractivity contribution in [2.45, 2.75) is 19.6 Å². The molecule has 0 saturated heterocycles. The normalized spacial score (nSPS) is 12.1. The van der Waals surface area contributed by atoms with Gasteiger partial charge in [-0.1, -0.05) is 23.2 Å². The topological polar surface area (TPSA) is 118 Å². The van der Waals surface area contributed by atoms with E-state index in [1.54, 1.807) is 24.4 Å². The fourth-order valence-electron chi connectivity index (χ4n) is 3.16. The molecule has 1 amide bonds. The van der Waals surface area contributed by atoms with E-state index < -0.39 is 12.0 Å². The summed E-state index contributed by atoms with van der Waals surface area (Å²) in [5.41, 5.74) is 2.02. The summed E-state index contributed by atoms with van der Waals surface area (Å²) < 4.78 is 7.54. The summed E-state index contributed by atoms with van der Waals surface area (Å²) in [5.74, 6) is 0.121. The summed E-state index contributed by atoms with van der Waals surface area (Å²) in [6.07, 6.45) is 5.70. The predicted molar refractivity (Wildman–Crippen MR) is 117 cm³/mol. The van der Waals surface area contributed by atoms with E-state index in [-0.39, 0.29) is 12.3 Å². The highest BCUT2D eigenvalue weighted by Gasteiger charge is 2.19. The first-order chi connectivity index (χ1) is 15.0. The molecule has 1 atom stereocenters. The zero-order valence-corrected chi connectivity index (χ0v) is 17.9. The third kappa shape index (κ3) is 4.48. The van der Waals surface area contributed by atoms with Gasteiger partial charge in [-0.2, -0.15) is 10.2 Å². The lowest BCUT2D eigenvalue weighted by Crippen LogP contribution is -2.12. The van der Waals surface area contributed by atoms with Crippen LogP contribution >= 0.6 is 23.2 Å². The SMILES string of the molecule is C[C@@H](Oc1ccc2[nH]nc(C(=O)Nc3cnn(CCO)c3)c2c1)c1c(Cl)cncc1Cl. The van der Waals surface area contributed by atoms with Crippen molar-refractivity contribution in [3.63, 3.8) is 0 Å². The van der Waals surface area contributed by atoms with Gasteiger partial charge in [-0.15, -0.1) is 0 Å². The maximum absolute atomic E-state index is 12.7. The highest BCUT2D eigenvalue weighted by molar-refractivity contribution is 6.35. The van der Waals surface area contributed by atoms with Crippen LogP contribution in [0.2, 0.25) is 10.0 Å². The molecule has 31 heavy (non-hydrogen) atoms. The molecule has 0 spiro atoms. The first-order valence-electron chi connectivity index (χ1n) is 9.34. The molecule has 0 aliphatic rings. The molecule has 0 fully saturated rings. The van der Waals surface area contributed by atoms with Crippen LogP contribution in [0.5, 0.6) is 5.75 Å². The molecule has 4 aromatic rings. The Morgan fingerprint density at radius 1 is 1.29 bits per heavy atom. The number of rotatable bonds is 7. The van der Waals surface area contributed by atoms with E-state index in [0.717, 1.165) is 0 Å². The number of amides is 1. The number of aliphatic hydroxyl groups excluding tert-OH is 1. The van der Waals surface area contributed by atoms with Gasteiger partial charge in [0.25, 0.3) is 5.91 Å². The molecule has 0 unspecified atom stereocenters. The molecule has 0 aliphatic heterocycles. The summed E-state index contributed by atoms with van der Waals surface area (Å²) in [6, 6.07) is 5.26. The van der Waals surface area contributed by atoms with Crippen LogP contribution in [0.25, 0.3) is 10.9 Å². The van der Waals surface area contributed by atoms with Crippen LogP contribution in [0, 0.1) is 0 Å². The van der Waals surface area contributed by atoms with E-state index >= 15 is 0 Å². The zero-order chi connectivity index (χ0) is 22.0. The number of hydrogen-bond acceptors (Lipinski definition) is 6. The lowest BCUT2D eigenvalue weighted by Gasteiger charge is -2.17. The standard InChI is InChI=1S/C20H18Cl2N6O3/c1-11(18-15(21)8-23-9-16(18)22)31-13-2-3-17-14(6-13)19(27-26-17)20(30)25-12-7-24-28(10-12)4-5-29/h2-3,6-11,29H,4-5H2,1H3,(H,25,30)(H,26,27)/t11-/m1/s1. The first kappa shape index (κ1) is 21.1. The van der Waals surface area contributed by atoms with Crippen LogP contribution in [-0.4, -0.2) is 42.6 Å². The van der Waals surface area contributed by atoms with Gasteiger partial charge in [0.15, 0.2) is 5.69 Å². The number of halogens is 2. The molecule has 11 heteroatoms. The Hall–Kier alpha value is -3.14. The summed E-state index contributed by atoms with van der Waals surface area (Å²) in [6.45, 7) is 2.12. The molecule has 0 saturated carbocycles. The minimum atomic E-state index is -0.443. The van der Waals surface area contributed by atoms with Crippen LogP contribution in [0.15, 0.2) is 43.0 Å².